The first-order valence-electron chi connectivity index (χ1n) is 5.52. The summed E-state index contributed by atoms with van der Waals surface area (Å²) in [5.74, 6) is 1.97. The van der Waals surface area contributed by atoms with Gasteiger partial charge in [0.25, 0.3) is 0 Å². The molecule has 2 atom stereocenters. The molecule has 0 aromatic carbocycles. The number of rotatable bonds is 4. The van der Waals surface area contributed by atoms with Crippen LogP contribution >= 0.6 is 11.3 Å². The minimum Gasteiger partial charge on any atom is -0.465 e. The highest BCUT2D eigenvalue weighted by atomic mass is 32.1. The standard InChI is InChI=1S/C13H17NOS/c1-9-6-7-12(15-9)10(2)14-11(3)13-5-4-8-16-13/h4-8,10-11,14H,1-3H3/t10?,11-/m1/s1. The largest absolute Gasteiger partial charge is 0.465 e. The van der Waals surface area contributed by atoms with E-state index >= 15 is 0 Å². The van der Waals surface area contributed by atoms with Gasteiger partial charge >= 0.3 is 0 Å². The maximum atomic E-state index is 5.60. The third kappa shape index (κ3) is 2.54. The molecule has 2 aromatic heterocycles. The average molecular weight is 235 g/mol. The zero-order chi connectivity index (χ0) is 11.5. The summed E-state index contributed by atoms with van der Waals surface area (Å²) >= 11 is 1.78. The monoisotopic (exact) mass is 235 g/mol. The Morgan fingerprint density at radius 1 is 1.19 bits per heavy atom. The number of hydrogen-bond acceptors (Lipinski definition) is 3. The molecule has 0 radical (unpaired) electrons. The number of aryl methyl sites for hydroxylation is 1. The summed E-state index contributed by atoms with van der Waals surface area (Å²) < 4.78 is 5.60. The summed E-state index contributed by atoms with van der Waals surface area (Å²) in [6, 6.07) is 8.88. The van der Waals surface area contributed by atoms with Crippen LogP contribution in [0.1, 0.15) is 42.3 Å². The van der Waals surface area contributed by atoms with E-state index in [-0.39, 0.29) is 6.04 Å². The van der Waals surface area contributed by atoms with Gasteiger partial charge in [-0.2, -0.15) is 0 Å². The van der Waals surface area contributed by atoms with Crippen molar-refractivity contribution in [3.8, 4) is 0 Å². The molecular weight excluding hydrogens is 218 g/mol. The molecule has 3 heteroatoms. The summed E-state index contributed by atoms with van der Waals surface area (Å²) in [5, 5.41) is 5.63. The van der Waals surface area contributed by atoms with Gasteiger partial charge in [0.05, 0.1) is 6.04 Å². The van der Waals surface area contributed by atoms with Crippen LogP contribution in [0.2, 0.25) is 0 Å². The number of hydrogen-bond donors (Lipinski definition) is 1. The highest BCUT2D eigenvalue weighted by Gasteiger charge is 2.13. The van der Waals surface area contributed by atoms with Crippen LogP contribution in [-0.4, -0.2) is 0 Å². The van der Waals surface area contributed by atoms with Gasteiger partial charge in [0, 0.05) is 10.9 Å². The maximum Gasteiger partial charge on any atom is 0.120 e. The topological polar surface area (TPSA) is 25.2 Å². The van der Waals surface area contributed by atoms with Gasteiger partial charge in [-0.05, 0) is 44.4 Å². The molecule has 2 rings (SSSR count). The van der Waals surface area contributed by atoms with Gasteiger partial charge in [-0.15, -0.1) is 11.3 Å². The molecule has 2 nitrogen and oxygen atoms in total. The van der Waals surface area contributed by atoms with E-state index in [1.807, 2.05) is 19.1 Å². The van der Waals surface area contributed by atoms with Crippen LogP contribution < -0.4 is 5.32 Å². The molecule has 0 bridgehead atoms. The molecule has 1 unspecified atom stereocenters. The van der Waals surface area contributed by atoms with Gasteiger partial charge in [0.15, 0.2) is 0 Å². The van der Waals surface area contributed by atoms with Crippen LogP contribution in [0.3, 0.4) is 0 Å². The van der Waals surface area contributed by atoms with Crippen LogP contribution in [0.5, 0.6) is 0 Å². The number of thiophene rings is 1. The molecule has 0 aliphatic carbocycles. The van der Waals surface area contributed by atoms with E-state index < -0.39 is 0 Å². The van der Waals surface area contributed by atoms with E-state index in [0.717, 1.165) is 11.5 Å². The van der Waals surface area contributed by atoms with E-state index in [2.05, 4.69) is 36.7 Å². The first-order valence-corrected chi connectivity index (χ1v) is 6.40. The molecule has 0 aliphatic heterocycles. The number of furan rings is 1. The van der Waals surface area contributed by atoms with Crippen LogP contribution in [0, 0.1) is 6.92 Å². The Kier molecular flexibility index (Phi) is 3.46. The smallest absolute Gasteiger partial charge is 0.120 e. The first-order chi connectivity index (χ1) is 7.66. The first kappa shape index (κ1) is 11.4. The normalized spacial score (nSPS) is 14.9. The molecule has 0 fully saturated rings. The Hall–Kier alpha value is -1.06. The van der Waals surface area contributed by atoms with Crippen molar-refractivity contribution in [3.63, 3.8) is 0 Å². The van der Waals surface area contributed by atoms with Gasteiger partial charge in [-0.25, -0.2) is 0 Å². The molecule has 0 saturated carbocycles. The Morgan fingerprint density at radius 2 is 2.00 bits per heavy atom. The third-order valence-electron chi connectivity index (χ3n) is 2.66. The summed E-state index contributed by atoms with van der Waals surface area (Å²) in [5.41, 5.74) is 0. The van der Waals surface area contributed by atoms with E-state index in [9.17, 15) is 0 Å². The van der Waals surface area contributed by atoms with Crippen LogP contribution in [-0.2, 0) is 0 Å². The predicted molar refractivity (Wildman–Crippen MR) is 67.7 cm³/mol. The Morgan fingerprint density at radius 3 is 2.56 bits per heavy atom. The summed E-state index contributed by atoms with van der Waals surface area (Å²) in [6.07, 6.45) is 0. The van der Waals surface area contributed by atoms with Crippen molar-refractivity contribution >= 4 is 11.3 Å². The van der Waals surface area contributed by atoms with Crippen molar-refractivity contribution in [1.82, 2.24) is 5.32 Å². The number of nitrogens with one attached hydrogen (secondary N) is 1. The van der Waals surface area contributed by atoms with Crippen molar-refractivity contribution in [2.45, 2.75) is 32.9 Å². The van der Waals surface area contributed by atoms with Crippen LogP contribution in [0.4, 0.5) is 0 Å². The molecule has 0 saturated heterocycles. The lowest BCUT2D eigenvalue weighted by Gasteiger charge is -2.17. The average Bonchev–Trinajstić information content (AvgIpc) is 2.87. The second-order valence-corrected chi connectivity index (χ2v) is 5.05. The molecule has 0 amide bonds. The minimum atomic E-state index is 0.241. The minimum absolute atomic E-state index is 0.241. The SMILES string of the molecule is Cc1ccc(C(C)N[C@H](C)c2cccs2)o1. The lowest BCUT2D eigenvalue weighted by Crippen LogP contribution is -2.21. The summed E-state index contributed by atoms with van der Waals surface area (Å²) in [7, 11) is 0. The van der Waals surface area contributed by atoms with E-state index in [0.29, 0.717) is 6.04 Å². The second-order valence-electron chi connectivity index (χ2n) is 4.07. The second kappa shape index (κ2) is 4.85. The van der Waals surface area contributed by atoms with Gasteiger partial charge in [-0.3, -0.25) is 0 Å². The highest BCUT2D eigenvalue weighted by Crippen LogP contribution is 2.23. The lowest BCUT2D eigenvalue weighted by molar-refractivity contribution is 0.394. The van der Waals surface area contributed by atoms with Crippen molar-refractivity contribution < 1.29 is 4.42 Å². The van der Waals surface area contributed by atoms with Crippen molar-refractivity contribution in [3.05, 3.63) is 46.0 Å². The summed E-state index contributed by atoms with van der Waals surface area (Å²) in [4.78, 5) is 1.36. The van der Waals surface area contributed by atoms with E-state index in [1.165, 1.54) is 4.88 Å². The molecule has 16 heavy (non-hydrogen) atoms. The van der Waals surface area contributed by atoms with Crippen molar-refractivity contribution in [2.24, 2.45) is 0 Å². The van der Waals surface area contributed by atoms with Crippen LogP contribution in [0.25, 0.3) is 0 Å². The zero-order valence-electron chi connectivity index (χ0n) is 9.86. The molecule has 2 aromatic rings. The van der Waals surface area contributed by atoms with Crippen molar-refractivity contribution in [2.75, 3.05) is 0 Å². The molecule has 1 N–H and O–H groups in total. The van der Waals surface area contributed by atoms with Gasteiger partial charge in [-0.1, -0.05) is 6.07 Å². The Balaban J connectivity index is 2.00. The predicted octanol–water partition coefficient (Wildman–Crippen LogP) is 4.06. The Labute approximate surface area is 100 Å². The quantitative estimate of drug-likeness (QED) is 0.864. The van der Waals surface area contributed by atoms with Gasteiger partial charge < -0.3 is 9.73 Å². The zero-order valence-corrected chi connectivity index (χ0v) is 10.7. The molecule has 86 valence electrons. The molecule has 0 aliphatic rings. The van der Waals surface area contributed by atoms with Crippen molar-refractivity contribution in [1.29, 1.82) is 0 Å². The highest BCUT2D eigenvalue weighted by molar-refractivity contribution is 7.10. The van der Waals surface area contributed by atoms with E-state index in [1.54, 1.807) is 11.3 Å². The van der Waals surface area contributed by atoms with Gasteiger partial charge in [0.2, 0.25) is 0 Å². The molecule has 2 heterocycles. The lowest BCUT2D eigenvalue weighted by atomic mass is 10.2. The summed E-state index contributed by atoms with van der Waals surface area (Å²) in [6.45, 7) is 6.28. The maximum absolute atomic E-state index is 5.60. The fourth-order valence-corrected chi connectivity index (χ4v) is 2.51. The fraction of sp³-hybridized carbons (Fsp3) is 0.385. The molecular formula is C13H17NOS. The van der Waals surface area contributed by atoms with Gasteiger partial charge in [0.1, 0.15) is 11.5 Å². The fourth-order valence-electron chi connectivity index (χ4n) is 1.76. The van der Waals surface area contributed by atoms with Crippen LogP contribution in [0.15, 0.2) is 34.1 Å². The molecule has 0 spiro atoms. The van der Waals surface area contributed by atoms with E-state index in [4.69, 9.17) is 4.42 Å². The third-order valence-corrected chi connectivity index (χ3v) is 3.71. The Bertz CT molecular complexity index is 432.